The van der Waals surface area contributed by atoms with E-state index in [1.165, 1.54) is 38.5 Å². The first kappa shape index (κ1) is 16.5. The van der Waals surface area contributed by atoms with Gasteiger partial charge in [-0.2, -0.15) is 0 Å². The smallest absolute Gasteiger partial charge is 0.220 e. The number of aliphatic hydroxyl groups excluding tert-OH is 1. The second kappa shape index (κ2) is 8.57. The zero-order valence-corrected chi connectivity index (χ0v) is 12.7. The molecule has 112 valence electrons. The standard InChI is InChI=1S/C16H31NO2/c1-3-16(4-2,13-18)12-17-15(19)11-14-9-7-5-6-8-10-14/h14,18H,3-13H2,1-2H3,(H,17,19). The molecule has 1 rings (SSSR count). The third-order valence-electron chi connectivity index (χ3n) is 4.94. The maximum atomic E-state index is 12.0. The molecule has 0 unspecified atom stereocenters. The van der Waals surface area contributed by atoms with Crippen LogP contribution < -0.4 is 5.32 Å². The molecule has 0 aromatic carbocycles. The van der Waals surface area contributed by atoms with E-state index in [9.17, 15) is 9.90 Å². The second-order valence-electron chi connectivity index (χ2n) is 6.20. The molecule has 0 aromatic rings. The van der Waals surface area contributed by atoms with Gasteiger partial charge in [0, 0.05) is 18.4 Å². The molecule has 0 aliphatic heterocycles. The first-order valence-corrected chi connectivity index (χ1v) is 8.03. The van der Waals surface area contributed by atoms with E-state index in [0.29, 0.717) is 18.9 Å². The van der Waals surface area contributed by atoms with Crippen LogP contribution >= 0.6 is 0 Å². The molecular weight excluding hydrogens is 238 g/mol. The molecule has 1 amide bonds. The molecule has 0 aromatic heterocycles. The number of amides is 1. The van der Waals surface area contributed by atoms with Crippen LogP contribution in [0.3, 0.4) is 0 Å². The van der Waals surface area contributed by atoms with Crippen LogP contribution in [0.15, 0.2) is 0 Å². The van der Waals surface area contributed by atoms with Gasteiger partial charge in [0.15, 0.2) is 0 Å². The molecule has 1 saturated carbocycles. The molecule has 3 heteroatoms. The number of rotatable bonds is 7. The lowest BCUT2D eigenvalue weighted by atomic mass is 9.83. The van der Waals surface area contributed by atoms with Crippen LogP contribution in [0.4, 0.5) is 0 Å². The molecule has 3 nitrogen and oxygen atoms in total. The van der Waals surface area contributed by atoms with Crippen LogP contribution in [0.1, 0.15) is 71.6 Å². The fraction of sp³-hybridized carbons (Fsp3) is 0.938. The molecule has 0 atom stereocenters. The van der Waals surface area contributed by atoms with Crippen molar-refractivity contribution in [1.29, 1.82) is 0 Å². The number of carbonyl (C=O) groups is 1. The van der Waals surface area contributed by atoms with E-state index in [1.54, 1.807) is 0 Å². The minimum atomic E-state index is -0.126. The Kier molecular flexibility index (Phi) is 7.44. The molecule has 1 aliphatic carbocycles. The number of hydrogen-bond acceptors (Lipinski definition) is 2. The SMILES string of the molecule is CCC(CC)(CO)CNC(=O)CC1CCCCCC1. The normalized spacial score (nSPS) is 18.1. The largest absolute Gasteiger partial charge is 0.396 e. The summed E-state index contributed by atoms with van der Waals surface area (Å²) >= 11 is 0. The van der Waals surface area contributed by atoms with Gasteiger partial charge >= 0.3 is 0 Å². The minimum Gasteiger partial charge on any atom is -0.396 e. The van der Waals surface area contributed by atoms with Crippen LogP contribution in [-0.4, -0.2) is 24.2 Å². The van der Waals surface area contributed by atoms with Crippen molar-refractivity contribution in [3.8, 4) is 0 Å². The van der Waals surface area contributed by atoms with E-state index in [4.69, 9.17) is 0 Å². The summed E-state index contributed by atoms with van der Waals surface area (Å²) in [5.41, 5.74) is -0.126. The van der Waals surface area contributed by atoms with Crippen molar-refractivity contribution in [3.05, 3.63) is 0 Å². The van der Waals surface area contributed by atoms with Gasteiger partial charge in [-0.05, 0) is 31.6 Å². The van der Waals surface area contributed by atoms with Gasteiger partial charge in [-0.1, -0.05) is 39.5 Å². The minimum absolute atomic E-state index is 0.126. The summed E-state index contributed by atoms with van der Waals surface area (Å²) in [4.78, 5) is 12.0. The summed E-state index contributed by atoms with van der Waals surface area (Å²) in [5, 5.41) is 12.5. The molecule has 19 heavy (non-hydrogen) atoms. The monoisotopic (exact) mass is 269 g/mol. The van der Waals surface area contributed by atoms with Gasteiger partial charge in [0.2, 0.25) is 5.91 Å². The Labute approximate surface area is 118 Å². The molecule has 0 radical (unpaired) electrons. The van der Waals surface area contributed by atoms with Crippen LogP contribution in [0.5, 0.6) is 0 Å². The third-order valence-corrected chi connectivity index (χ3v) is 4.94. The number of nitrogens with one attached hydrogen (secondary N) is 1. The lowest BCUT2D eigenvalue weighted by Gasteiger charge is -2.29. The lowest BCUT2D eigenvalue weighted by molar-refractivity contribution is -0.122. The quantitative estimate of drug-likeness (QED) is 0.697. The molecule has 1 fully saturated rings. The Hall–Kier alpha value is -0.570. The predicted octanol–water partition coefficient (Wildman–Crippen LogP) is 3.26. The number of aliphatic hydroxyl groups is 1. The van der Waals surface area contributed by atoms with E-state index in [2.05, 4.69) is 19.2 Å². The van der Waals surface area contributed by atoms with Crippen LogP contribution in [-0.2, 0) is 4.79 Å². The lowest BCUT2D eigenvalue weighted by Crippen LogP contribution is -2.39. The molecule has 2 N–H and O–H groups in total. The van der Waals surface area contributed by atoms with Gasteiger partial charge in [0.25, 0.3) is 0 Å². The van der Waals surface area contributed by atoms with Gasteiger partial charge < -0.3 is 10.4 Å². The van der Waals surface area contributed by atoms with Crippen molar-refractivity contribution >= 4 is 5.91 Å². The Morgan fingerprint density at radius 1 is 1.16 bits per heavy atom. The zero-order valence-electron chi connectivity index (χ0n) is 12.7. The van der Waals surface area contributed by atoms with Crippen molar-refractivity contribution in [2.75, 3.05) is 13.2 Å². The van der Waals surface area contributed by atoms with E-state index in [1.807, 2.05) is 0 Å². The van der Waals surface area contributed by atoms with Gasteiger partial charge in [-0.25, -0.2) is 0 Å². The highest BCUT2D eigenvalue weighted by molar-refractivity contribution is 5.76. The summed E-state index contributed by atoms with van der Waals surface area (Å²) in [5.74, 6) is 0.751. The van der Waals surface area contributed by atoms with Crippen molar-refractivity contribution in [3.63, 3.8) is 0 Å². The fourth-order valence-corrected chi connectivity index (χ4v) is 2.97. The van der Waals surface area contributed by atoms with Crippen LogP contribution in [0.2, 0.25) is 0 Å². The summed E-state index contributed by atoms with van der Waals surface area (Å²) < 4.78 is 0. The number of hydrogen-bond donors (Lipinski definition) is 2. The molecule has 0 bridgehead atoms. The Morgan fingerprint density at radius 3 is 2.21 bits per heavy atom. The highest BCUT2D eigenvalue weighted by Gasteiger charge is 2.26. The average Bonchev–Trinajstić information content (AvgIpc) is 2.70. The number of carbonyl (C=O) groups excluding carboxylic acids is 1. The summed E-state index contributed by atoms with van der Waals surface area (Å²) in [7, 11) is 0. The Balaban J connectivity index is 2.33. The first-order valence-electron chi connectivity index (χ1n) is 8.03. The highest BCUT2D eigenvalue weighted by Crippen LogP contribution is 2.26. The average molecular weight is 269 g/mol. The maximum absolute atomic E-state index is 12.0. The Morgan fingerprint density at radius 2 is 1.74 bits per heavy atom. The molecule has 1 aliphatic rings. The van der Waals surface area contributed by atoms with Crippen molar-refractivity contribution in [2.45, 2.75) is 71.6 Å². The van der Waals surface area contributed by atoms with Gasteiger partial charge in [0.1, 0.15) is 0 Å². The van der Waals surface area contributed by atoms with Crippen molar-refractivity contribution in [1.82, 2.24) is 5.32 Å². The van der Waals surface area contributed by atoms with E-state index in [-0.39, 0.29) is 17.9 Å². The Bertz CT molecular complexity index is 245. The fourth-order valence-electron chi connectivity index (χ4n) is 2.97. The van der Waals surface area contributed by atoms with Crippen molar-refractivity contribution in [2.24, 2.45) is 11.3 Å². The first-order chi connectivity index (χ1) is 9.15. The van der Waals surface area contributed by atoms with Crippen LogP contribution in [0.25, 0.3) is 0 Å². The van der Waals surface area contributed by atoms with Crippen LogP contribution in [0, 0.1) is 11.3 Å². The molecule has 0 spiro atoms. The molecular formula is C16H31NO2. The van der Waals surface area contributed by atoms with E-state index < -0.39 is 0 Å². The maximum Gasteiger partial charge on any atom is 0.220 e. The van der Waals surface area contributed by atoms with Crippen molar-refractivity contribution < 1.29 is 9.90 Å². The summed E-state index contributed by atoms with van der Waals surface area (Å²) in [6.45, 7) is 4.93. The zero-order chi connectivity index (χ0) is 14.1. The van der Waals surface area contributed by atoms with E-state index >= 15 is 0 Å². The second-order valence-corrected chi connectivity index (χ2v) is 6.20. The highest BCUT2D eigenvalue weighted by atomic mass is 16.3. The van der Waals surface area contributed by atoms with Gasteiger partial charge in [0.05, 0.1) is 6.61 Å². The topological polar surface area (TPSA) is 49.3 Å². The molecule has 0 saturated heterocycles. The summed E-state index contributed by atoms with van der Waals surface area (Å²) in [6, 6.07) is 0. The predicted molar refractivity (Wildman–Crippen MR) is 78.9 cm³/mol. The molecule has 0 heterocycles. The van der Waals surface area contributed by atoms with Gasteiger partial charge in [-0.15, -0.1) is 0 Å². The van der Waals surface area contributed by atoms with Gasteiger partial charge in [-0.3, -0.25) is 4.79 Å². The van der Waals surface area contributed by atoms with E-state index in [0.717, 1.165) is 12.8 Å². The summed E-state index contributed by atoms with van der Waals surface area (Å²) in [6.07, 6.45) is 10.1. The third kappa shape index (κ3) is 5.52.